The SMILES string of the molecule is COC(=O)CC(C)(CCC(C)N1CCN(c2ccccc2)CC1)c1ccccc1. The van der Waals surface area contributed by atoms with Crippen molar-refractivity contribution in [2.24, 2.45) is 0 Å². The van der Waals surface area contributed by atoms with Gasteiger partial charge in [-0.3, -0.25) is 9.69 Å². The zero-order chi connectivity index (χ0) is 20.7. The van der Waals surface area contributed by atoms with Gasteiger partial charge in [-0.1, -0.05) is 55.5 Å². The predicted molar refractivity (Wildman–Crippen MR) is 119 cm³/mol. The topological polar surface area (TPSA) is 32.8 Å². The van der Waals surface area contributed by atoms with Crippen molar-refractivity contribution in [2.45, 2.75) is 44.6 Å². The predicted octanol–water partition coefficient (Wildman–Crippen LogP) is 4.50. The molecule has 2 unspecified atom stereocenters. The van der Waals surface area contributed by atoms with Crippen LogP contribution in [0.25, 0.3) is 0 Å². The standard InChI is InChI=1S/C25H34N2O2/c1-21(26-16-18-27(19-17-26)23-12-8-5-9-13-23)14-15-25(2,20-24(28)29-3)22-10-6-4-7-11-22/h4-13,21H,14-20H2,1-3H3. The van der Waals surface area contributed by atoms with Crippen molar-refractivity contribution in [3.8, 4) is 0 Å². The van der Waals surface area contributed by atoms with Gasteiger partial charge in [0.15, 0.2) is 0 Å². The Morgan fingerprint density at radius 1 is 1.00 bits per heavy atom. The van der Waals surface area contributed by atoms with E-state index < -0.39 is 0 Å². The van der Waals surface area contributed by atoms with E-state index in [4.69, 9.17) is 4.74 Å². The maximum absolute atomic E-state index is 12.1. The smallest absolute Gasteiger partial charge is 0.306 e. The van der Waals surface area contributed by atoms with Crippen molar-refractivity contribution in [1.82, 2.24) is 4.90 Å². The molecule has 0 saturated carbocycles. The molecule has 0 N–H and O–H groups in total. The van der Waals surface area contributed by atoms with Crippen LogP contribution in [0.1, 0.15) is 38.7 Å². The summed E-state index contributed by atoms with van der Waals surface area (Å²) in [6.07, 6.45) is 2.45. The Morgan fingerprint density at radius 2 is 1.59 bits per heavy atom. The van der Waals surface area contributed by atoms with Crippen LogP contribution in [0.4, 0.5) is 5.69 Å². The number of carbonyl (C=O) groups excluding carboxylic acids is 1. The Hall–Kier alpha value is -2.33. The second-order valence-electron chi connectivity index (χ2n) is 8.43. The second kappa shape index (κ2) is 9.93. The minimum absolute atomic E-state index is 0.138. The van der Waals surface area contributed by atoms with E-state index in [0.717, 1.165) is 39.0 Å². The normalized spacial score (nSPS) is 18.1. The quantitative estimate of drug-likeness (QED) is 0.617. The Morgan fingerprint density at radius 3 is 2.17 bits per heavy atom. The summed E-state index contributed by atoms with van der Waals surface area (Å²) >= 11 is 0. The van der Waals surface area contributed by atoms with Crippen molar-refractivity contribution in [3.63, 3.8) is 0 Å². The van der Waals surface area contributed by atoms with Crippen molar-refractivity contribution in [1.29, 1.82) is 0 Å². The van der Waals surface area contributed by atoms with Crippen molar-refractivity contribution >= 4 is 11.7 Å². The maximum atomic E-state index is 12.1. The van der Waals surface area contributed by atoms with Crippen LogP contribution in [0.2, 0.25) is 0 Å². The number of nitrogens with zero attached hydrogens (tertiary/aromatic N) is 2. The van der Waals surface area contributed by atoms with Gasteiger partial charge in [0, 0.05) is 43.3 Å². The number of para-hydroxylation sites is 1. The Bertz CT molecular complexity index is 757. The summed E-state index contributed by atoms with van der Waals surface area (Å²) in [5.41, 5.74) is 2.33. The summed E-state index contributed by atoms with van der Waals surface area (Å²) in [4.78, 5) is 17.1. The lowest BCUT2D eigenvalue weighted by Gasteiger charge is -2.40. The maximum Gasteiger partial charge on any atom is 0.306 e. The molecule has 1 aliphatic rings. The van der Waals surface area contributed by atoms with Crippen LogP contribution in [0.15, 0.2) is 60.7 Å². The Kier molecular flexibility index (Phi) is 7.32. The minimum Gasteiger partial charge on any atom is -0.469 e. The summed E-state index contributed by atoms with van der Waals surface area (Å²) in [6.45, 7) is 8.80. The van der Waals surface area contributed by atoms with E-state index in [1.807, 2.05) is 6.07 Å². The largest absolute Gasteiger partial charge is 0.469 e. The average molecular weight is 395 g/mol. The third-order valence-corrected chi connectivity index (χ3v) is 6.41. The summed E-state index contributed by atoms with van der Waals surface area (Å²) in [5, 5.41) is 0. The molecule has 2 aromatic carbocycles. The first kappa shape index (κ1) is 21.4. The third kappa shape index (κ3) is 5.60. The zero-order valence-corrected chi connectivity index (χ0v) is 18.0. The zero-order valence-electron chi connectivity index (χ0n) is 18.0. The molecule has 4 heteroatoms. The van der Waals surface area contributed by atoms with Crippen LogP contribution in [0, 0.1) is 0 Å². The van der Waals surface area contributed by atoms with Crippen LogP contribution in [0.5, 0.6) is 0 Å². The summed E-state index contributed by atoms with van der Waals surface area (Å²) < 4.78 is 4.99. The second-order valence-corrected chi connectivity index (χ2v) is 8.43. The van der Waals surface area contributed by atoms with Gasteiger partial charge in [-0.25, -0.2) is 0 Å². The third-order valence-electron chi connectivity index (χ3n) is 6.41. The Labute approximate surface area is 175 Å². The summed E-state index contributed by atoms with van der Waals surface area (Å²) in [7, 11) is 1.47. The molecule has 0 aliphatic carbocycles. The number of hydrogen-bond donors (Lipinski definition) is 0. The molecule has 0 aromatic heterocycles. The Balaban J connectivity index is 1.57. The van der Waals surface area contributed by atoms with E-state index >= 15 is 0 Å². The monoisotopic (exact) mass is 394 g/mol. The fourth-order valence-corrected chi connectivity index (χ4v) is 4.34. The number of piperazine rings is 1. The number of carbonyl (C=O) groups is 1. The molecule has 0 spiro atoms. The van der Waals surface area contributed by atoms with Crippen molar-refractivity contribution in [2.75, 3.05) is 38.2 Å². The van der Waals surface area contributed by atoms with Gasteiger partial charge in [-0.05, 0) is 37.5 Å². The molecule has 2 aromatic rings. The lowest BCUT2D eigenvalue weighted by Crippen LogP contribution is -2.50. The van der Waals surface area contributed by atoms with E-state index in [2.05, 4.69) is 78.2 Å². The van der Waals surface area contributed by atoms with Gasteiger partial charge in [0.25, 0.3) is 0 Å². The number of rotatable bonds is 8. The number of methoxy groups -OCH3 is 1. The molecule has 4 nitrogen and oxygen atoms in total. The molecule has 0 amide bonds. The van der Waals surface area contributed by atoms with Crippen LogP contribution in [-0.4, -0.2) is 50.2 Å². The van der Waals surface area contributed by atoms with Gasteiger partial charge in [-0.15, -0.1) is 0 Å². The van der Waals surface area contributed by atoms with Crippen LogP contribution < -0.4 is 4.90 Å². The summed E-state index contributed by atoms with van der Waals surface area (Å²) in [5.74, 6) is -0.138. The van der Waals surface area contributed by atoms with Gasteiger partial charge < -0.3 is 9.64 Å². The van der Waals surface area contributed by atoms with Crippen LogP contribution in [-0.2, 0) is 14.9 Å². The van der Waals surface area contributed by atoms with E-state index in [9.17, 15) is 4.79 Å². The molecule has 29 heavy (non-hydrogen) atoms. The van der Waals surface area contributed by atoms with Crippen LogP contribution >= 0.6 is 0 Å². The molecular formula is C25H34N2O2. The van der Waals surface area contributed by atoms with Crippen molar-refractivity contribution in [3.05, 3.63) is 66.2 Å². The molecule has 1 saturated heterocycles. The van der Waals surface area contributed by atoms with Gasteiger partial charge >= 0.3 is 5.97 Å². The molecular weight excluding hydrogens is 360 g/mol. The van der Waals surface area contributed by atoms with Gasteiger partial charge in [0.05, 0.1) is 13.5 Å². The number of ether oxygens (including phenoxy) is 1. The van der Waals surface area contributed by atoms with E-state index in [1.54, 1.807) is 0 Å². The first-order valence-corrected chi connectivity index (χ1v) is 10.7. The molecule has 1 heterocycles. The molecule has 1 aliphatic heterocycles. The highest BCUT2D eigenvalue weighted by Crippen LogP contribution is 2.34. The molecule has 0 radical (unpaired) electrons. The highest BCUT2D eigenvalue weighted by molar-refractivity contribution is 5.71. The van der Waals surface area contributed by atoms with Gasteiger partial charge in [0.1, 0.15) is 0 Å². The lowest BCUT2D eigenvalue weighted by atomic mass is 9.75. The first-order valence-electron chi connectivity index (χ1n) is 10.7. The number of hydrogen-bond acceptors (Lipinski definition) is 4. The van der Waals surface area contributed by atoms with E-state index in [1.165, 1.54) is 18.4 Å². The highest BCUT2D eigenvalue weighted by atomic mass is 16.5. The molecule has 0 bridgehead atoms. The number of anilines is 1. The van der Waals surface area contributed by atoms with E-state index in [0.29, 0.717) is 12.5 Å². The molecule has 156 valence electrons. The average Bonchev–Trinajstić information content (AvgIpc) is 2.78. The van der Waals surface area contributed by atoms with Crippen molar-refractivity contribution < 1.29 is 9.53 Å². The van der Waals surface area contributed by atoms with Crippen LogP contribution in [0.3, 0.4) is 0 Å². The molecule has 1 fully saturated rings. The number of esters is 1. The highest BCUT2D eigenvalue weighted by Gasteiger charge is 2.31. The lowest BCUT2D eigenvalue weighted by molar-refractivity contribution is -0.142. The van der Waals surface area contributed by atoms with E-state index in [-0.39, 0.29) is 11.4 Å². The fraction of sp³-hybridized carbons (Fsp3) is 0.480. The summed E-state index contributed by atoms with van der Waals surface area (Å²) in [6, 6.07) is 21.6. The van der Waals surface area contributed by atoms with Gasteiger partial charge in [0.2, 0.25) is 0 Å². The first-order chi connectivity index (χ1) is 14.0. The minimum atomic E-state index is -0.200. The molecule has 3 rings (SSSR count). The fourth-order valence-electron chi connectivity index (χ4n) is 4.34. The molecule has 2 atom stereocenters. The number of benzene rings is 2. The van der Waals surface area contributed by atoms with Gasteiger partial charge in [-0.2, -0.15) is 0 Å².